The molecule has 0 aromatic heterocycles. The summed E-state index contributed by atoms with van der Waals surface area (Å²) >= 11 is 0. The maximum absolute atomic E-state index is 12.6. The van der Waals surface area contributed by atoms with E-state index in [1.807, 2.05) is 18.7 Å². The largest absolute Gasteiger partial charge is 0.340 e. The van der Waals surface area contributed by atoms with Gasteiger partial charge >= 0.3 is 6.03 Å². The molecular formula is C17H29N3O2. The Bertz CT molecular complexity index is 434. The minimum absolute atomic E-state index is 0.0380. The molecule has 22 heavy (non-hydrogen) atoms. The third-order valence-electron chi connectivity index (χ3n) is 5.58. The van der Waals surface area contributed by atoms with E-state index in [9.17, 15) is 9.59 Å². The van der Waals surface area contributed by atoms with Gasteiger partial charge in [-0.05, 0) is 38.0 Å². The number of carbonyl (C=O) groups is 2. The molecule has 0 bridgehead atoms. The highest BCUT2D eigenvalue weighted by atomic mass is 16.2. The molecule has 1 N–H and O–H groups in total. The van der Waals surface area contributed by atoms with Gasteiger partial charge in [0.2, 0.25) is 5.91 Å². The summed E-state index contributed by atoms with van der Waals surface area (Å²) in [7, 11) is 0. The van der Waals surface area contributed by atoms with Gasteiger partial charge in [0, 0.05) is 37.6 Å². The highest BCUT2D eigenvalue weighted by Gasteiger charge is 2.38. The van der Waals surface area contributed by atoms with Crippen molar-refractivity contribution in [3.05, 3.63) is 0 Å². The van der Waals surface area contributed by atoms with E-state index in [0.29, 0.717) is 12.6 Å². The van der Waals surface area contributed by atoms with Gasteiger partial charge in [0.25, 0.3) is 0 Å². The molecule has 2 atom stereocenters. The monoisotopic (exact) mass is 307 g/mol. The van der Waals surface area contributed by atoms with Crippen LogP contribution in [0.4, 0.5) is 4.79 Å². The maximum atomic E-state index is 12.6. The van der Waals surface area contributed by atoms with Crippen LogP contribution in [0.25, 0.3) is 0 Å². The molecule has 124 valence electrons. The lowest BCUT2D eigenvalue weighted by atomic mass is 9.79. The highest BCUT2D eigenvalue weighted by molar-refractivity contribution is 5.79. The maximum Gasteiger partial charge on any atom is 0.317 e. The molecule has 2 saturated heterocycles. The molecule has 0 aromatic carbocycles. The SMILES string of the molecule is CC(C)C(=O)N1CC[C@@H](NC(=O)N2CCC[C@@H]2C2CCC2)C1. The average Bonchev–Trinajstić information content (AvgIpc) is 3.05. The molecule has 0 aromatic rings. The van der Waals surface area contributed by atoms with Gasteiger partial charge in [-0.3, -0.25) is 4.79 Å². The minimum atomic E-state index is 0.0380. The van der Waals surface area contributed by atoms with Crippen molar-refractivity contribution in [3.63, 3.8) is 0 Å². The summed E-state index contributed by atoms with van der Waals surface area (Å²) in [6, 6.07) is 0.680. The van der Waals surface area contributed by atoms with Crippen molar-refractivity contribution in [1.29, 1.82) is 0 Å². The molecule has 1 aliphatic carbocycles. The number of urea groups is 1. The van der Waals surface area contributed by atoms with Crippen LogP contribution in [0.3, 0.4) is 0 Å². The van der Waals surface area contributed by atoms with E-state index in [2.05, 4.69) is 10.2 Å². The lowest BCUT2D eigenvalue weighted by molar-refractivity contribution is -0.133. The first-order valence-corrected chi connectivity index (χ1v) is 8.92. The smallest absolute Gasteiger partial charge is 0.317 e. The van der Waals surface area contributed by atoms with E-state index in [-0.39, 0.29) is 23.9 Å². The van der Waals surface area contributed by atoms with Crippen molar-refractivity contribution in [3.8, 4) is 0 Å². The molecule has 3 fully saturated rings. The molecule has 0 radical (unpaired) electrons. The first-order valence-electron chi connectivity index (χ1n) is 8.92. The van der Waals surface area contributed by atoms with Crippen molar-refractivity contribution >= 4 is 11.9 Å². The van der Waals surface area contributed by atoms with Gasteiger partial charge in [0.15, 0.2) is 0 Å². The number of nitrogens with one attached hydrogen (secondary N) is 1. The molecule has 3 aliphatic rings. The van der Waals surface area contributed by atoms with E-state index < -0.39 is 0 Å². The van der Waals surface area contributed by atoms with Crippen LogP contribution in [-0.2, 0) is 4.79 Å². The number of hydrogen-bond donors (Lipinski definition) is 1. The van der Waals surface area contributed by atoms with E-state index in [1.165, 1.54) is 25.7 Å². The molecule has 5 nitrogen and oxygen atoms in total. The summed E-state index contributed by atoms with van der Waals surface area (Å²) in [5.41, 5.74) is 0. The molecular weight excluding hydrogens is 278 g/mol. The van der Waals surface area contributed by atoms with Crippen LogP contribution in [0.2, 0.25) is 0 Å². The zero-order valence-corrected chi connectivity index (χ0v) is 13.9. The summed E-state index contributed by atoms with van der Waals surface area (Å²) in [4.78, 5) is 28.6. The van der Waals surface area contributed by atoms with Crippen molar-refractivity contribution in [2.24, 2.45) is 11.8 Å². The van der Waals surface area contributed by atoms with Crippen LogP contribution < -0.4 is 5.32 Å². The van der Waals surface area contributed by atoms with E-state index >= 15 is 0 Å². The second-order valence-electron chi connectivity index (χ2n) is 7.47. The Hall–Kier alpha value is -1.26. The summed E-state index contributed by atoms with van der Waals surface area (Å²) in [5.74, 6) is 0.970. The topological polar surface area (TPSA) is 52.7 Å². The Kier molecular flexibility index (Phi) is 4.59. The Morgan fingerprint density at radius 1 is 1.05 bits per heavy atom. The van der Waals surface area contributed by atoms with Crippen LogP contribution in [0, 0.1) is 11.8 Å². The fourth-order valence-electron chi connectivity index (χ4n) is 4.06. The molecule has 5 heteroatoms. The van der Waals surface area contributed by atoms with Gasteiger partial charge < -0.3 is 15.1 Å². The zero-order valence-electron chi connectivity index (χ0n) is 13.9. The highest BCUT2D eigenvalue weighted by Crippen LogP contribution is 2.37. The summed E-state index contributed by atoms with van der Waals surface area (Å²) < 4.78 is 0. The summed E-state index contributed by atoms with van der Waals surface area (Å²) in [5, 5.41) is 3.17. The van der Waals surface area contributed by atoms with Crippen molar-refractivity contribution in [1.82, 2.24) is 15.1 Å². The number of nitrogens with zero attached hydrogens (tertiary/aromatic N) is 2. The number of carbonyl (C=O) groups excluding carboxylic acids is 2. The molecule has 3 amide bonds. The number of likely N-dealkylation sites (tertiary alicyclic amines) is 2. The van der Waals surface area contributed by atoms with Crippen molar-refractivity contribution in [2.75, 3.05) is 19.6 Å². The molecule has 0 unspecified atom stereocenters. The third-order valence-corrected chi connectivity index (χ3v) is 5.58. The van der Waals surface area contributed by atoms with E-state index in [1.54, 1.807) is 0 Å². The normalized spacial score (nSPS) is 29.0. The lowest BCUT2D eigenvalue weighted by Crippen LogP contribution is -2.50. The van der Waals surface area contributed by atoms with Gasteiger partial charge in [-0.15, -0.1) is 0 Å². The van der Waals surface area contributed by atoms with Crippen molar-refractivity contribution in [2.45, 2.75) is 64.5 Å². The fraction of sp³-hybridized carbons (Fsp3) is 0.882. The molecule has 3 rings (SSSR count). The van der Waals surface area contributed by atoms with Crippen LogP contribution >= 0.6 is 0 Å². The second kappa shape index (κ2) is 6.47. The Balaban J connectivity index is 1.51. The predicted octanol–water partition coefficient (Wildman–Crippen LogP) is 2.22. The Labute approximate surface area is 133 Å². The van der Waals surface area contributed by atoms with Gasteiger partial charge in [0.1, 0.15) is 0 Å². The van der Waals surface area contributed by atoms with Crippen LogP contribution in [-0.4, -0.2) is 53.5 Å². The molecule has 2 aliphatic heterocycles. The van der Waals surface area contributed by atoms with E-state index in [0.717, 1.165) is 31.8 Å². The molecule has 0 spiro atoms. The average molecular weight is 307 g/mol. The Morgan fingerprint density at radius 3 is 2.45 bits per heavy atom. The standard InChI is InChI=1S/C17H29N3O2/c1-12(2)16(21)19-10-8-14(11-19)18-17(22)20-9-4-7-15(20)13-5-3-6-13/h12-15H,3-11H2,1-2H3,(H,18,22)/t14-,15-/m1/s1. The van der Waals surface area contributed by atoms with Gasteiger partial charge in [-0.25, -0.2) is 4.79 Å². The third kappa shape index (κ3) is 3.08. The zero-order chi connectivity index (χ0) is 15.7. The fourth-order valence-corrected chi connectivity index (χ4v) is 4.06. The summed E-state index contributed by atoms with van der Waals surface area (Å²) in [6.07, 6.45) is 7.08. The van der Waals surface area contributed by atoms with Gasteiger partial charge in [-0.2, -0.15) is 0 Å². The number of rotatable bonds is 3. The predicted molar refractivity (Wildman–Crippen MR) is 85.4 cm³/mol. The molecule has 1 saturated carbocycles. The van der Waals surface area contributed by atoms with Crippen molar-refractivity contribution < 1.29 is 9.59 Å². The first-order chi connectivity index (χ1) is 10.6. The number of amides is 3. The quantitative estimate of drug-likeness (QED) is 0.869. The summed E-state index contributed by atoms with van der Waals surface area (Å²) in [6.45, 7) is 6.20. The van der Waals surface area contributed by atoms with Crippen LogP contribution in [0.15, 0.2) is 0 Å². The van der Waals surface area contributed by atoms with Gasteiger partial charge in [0.05, 0.1) is 0 Å². The number of hydrogen-bond acceptors (Lipinski definition) is 2. The Morgan fingerprint density at radius 2 is 1.82 bits per heavy atom. The second-order valence-corrected chi connectivity index (χ2v) is 7.47. The molecule has 2 heterocycles. The van der Waals surface area contributed by atoms with Gasteiger partial charge in [-0.1, -0.05) is 20.3 Å². The first kappa shape index (κ1) is 15.6. The lowest BCUT2D eigenvalue weighted by Gasteiger charge is -2.37. The minimum Gasteiger partial charge on any atom is -0.340 e. The van der Waals surface area contributed by atoms with Crippen LogP contribution in [0.5, 0.6) is 0 Å². The van der Waals surface area contributed by atoms with E-state index in [4.69, 9.17) is 0 Å². The van der Waals surface area contributed by atoms with Crippen LogP contribution in [0.1, 0.15) is 52.4 Å².